The zero-order valence-electron chi connectivity index (χ0n) is 13.2. The number of hydrogen-bond donors (Lipinski definition) is 2. The van der Waals surface area contributed by atoms with Crippen LogP contribution in [0.25, 0.3) is 0 Å². The molecule has 2 rings (SSSR count). The third kappa shape index (κ3) is 4.66. The van der Waals surface area contributed by atoms with E-state index in [2.05, 4.69) is 12.2 Å². The molecule has 122 valence electrons. The van der Waals surface area contributed by atoms with Crippen molar-refractivity contribution in [1.82, 2.24) is 5.32 Å². The van der Waals surface area contributed by atoms with Gasteiger partial charge in [-0.05, 0) is 51.5 Å². The van der Waals surface area contributed by atoms with Gasteiger partial charge in [0.25, 0.3) is 0 Å². The van der Waals surface area contributed by atoms with Gasteiger partial charge >= 0.3 is 0 Å². The maximum absolute atomic E-state index is 11.9. The van der Waals surface area contributed by atoms with Gasteiger partial charge in [0, 0.05) is 13.0 Å². The lowest BCUT2D eigenvalue weighted by Gasteiger charge is -2.39. The fourth-order valence-corrected chi connectivity index (χ4v) is 3.38. The van der Waals surface area contributed by atoms with E-state index in [0.717, 1.165) is 51.7 Å². The number of hydrogen-bond acceptors (Lipinski definition) is 4. The third-order valence-electron chi connectivity index (χ3n) is 4.68. The zero-order chi connectivity index (χ0) is 15.1. The predicted octanol–water partition coefficient (Wildman–Crippen LogP) is 1.74. The van der Waals surface area contributed by atoms with Crippen LogP contribution in [0, 0.1) is 0 Å². The second kappa shape index (κ2) is 8.11. The fourth-order valence-electron chi connectivity index (χ4n) is 3.38. The Morgan fingerprint density at radius 3 is 2.90 bits per heavy atom. The van der Waals surface area contributed by atoms with E-state index < -0.39 is 5.54 Å². The topological polar surface area (TPSA) is 73.6 Å². The minimum absolute atomic E-state index is 0.112. The molecule has 0 radical (unpaired) electrons. The second-order valence-electron chi connectivity index (χ2n) is 6.41. The molecule has 0 aromatic rings. The molecule has 3 N–H and O–H groups in total. The fraction of sp³-hybridized carbons (Fsp3) is 0.938. The summed E-state index contributed by atoms with van der Waals surface area (Å²) in [6.07, 6.45) is 8.31. The van der Waals surface area contributed by atoms with Crippen LogP contribution < -0.4 is 11.1 Å². The molecule has 1 heterocycles. The molecule has 3 unspecified atom stereocenters. The number of nitrogens with two attached hydrogens (primary N) is 1. The second-order valence-corrected chi connectivity index (χ2v) is 6.41. The molecule has 0 spiro atoms. The van der Waals surface area contributed by atoms with Crippen LogP contribution in [0.3, 0.4) is 0 Å². The summed E-state index contributed by atoms with van der Waals surface area (Å²) in [5, 5.41) is 3.37. The van der Waals surface area contributed by atoms with Crippen molar-refractivity contribution < 1.29 is 14.3 Å². The van der Waals surface area contributed by atoms with E-state index in [-0.39, 0.29) is 18.1 Å². The SMILES string of the molecule is CCCNC1(C(N)=O)CCCC(OCC2CCCCO2)C1. The molecule has 1 aliphatic carbocycles. The van der Waals surface area contributed by atoms with Crippen molar-refractivity contribution in [1.29, 1.82) is 0 Å². The highest BCUT2D eigenvalue weighted by atomic mass is 16.5. The van der Waals surface area contributed by atoms with Crippen LogP contribution in [0.15, 0.2) is 0 Å². The number of primary amides is 1. The molecule has 2 aliphatic rings. The van der Waals surface area contributed by atoms with E-state index in [1.54, 1.807) is 0 Å². The van der Waals surface area contributed by atoms with Gasteiger partial charge in [0.05, 0.1) is 18.8 Å². The highest BCUT2D eigenvalue weighted by Gasteiger charge is 2.41. The standard InChI is InChI=1S/C16H30N2O3/c1-2-9-18-16(15(17)19)8-5-7-13(11-16)21-12-14-6-3-4-10-20-14/h13-14,18H,2-12H2,1H3,(H2,17,19). The van der Waals surface area contributed by atoms with E-state index in [0.29, 0.717) is 13.0 Å². The molecule has 21 heavy (non-hydrogen) atoms. The van der Waals surface area contributed by atoms with E-state index >= 15 is 0 Å². The molecule has 0 aromatic heterocycles. The number of carbonyl (C=O) groups excluding carboxylic acids is 1. The molecular weight excluding hydrogens is 268 g/mol. The molecule has 0 aromatic carbocycles. The summed E-state index contributed by atoms with van der Waals surface area (Å²) in [4.78, 5) is 11.9. The first-order chi connectivity index (χ1) is 10.2. The Morgan fingerprint density at radius 1 is 1.38 bits per heavy atom. The van der Waals surface area contributed by atoms with Gasteiger partial charge < -0.3 is 20.5 Å². The van der Waals surface area contributed by atoms with Gasteiger partial charge in [0.15, 0.2) is 0 Å². The largest absolute Gasteiger partial charge is 0.376 e. The number of rotatable bonds is 7. The molecule has 5 nitrogen and oxygen atoms in total. The van der Waals surface area contributed by atoms with Gasteiger partial charge in [0.1, 0.15) is 5.54 Å². The first kappa shape index (κ1) is 16.7. The molecule has 1 aliphatic heterocycles. The number of amides is 1. The third-order valence-corrected chi connectivity index (χ3v) is 4.68. The molecule has 0 bridgehead atoms. The quantitative estimate of drug-likeness (QED) is 0.751. The first-order valence-electron chi connectivity index (χ1n) is 8.44. The lowest BCUT2D eigenvalue weighted by Crippen LogP contribution is -2.59. The van der Waals surface area contributed by atoms with Crippen molar-refractivity contribution >= 4 is 5.91 Å². The van der Waals surface area contributed by atoms with Gasteiger partial charge in [-0.1, -0.05) is 6.92 Å². The summed E-state index contributed by atoms with van der Waals surface area (Å²) >= 11 is 0. The van der Waals surface area contributed by atoms with Crippen molar-refractivity contribution in [2.45, 2.75) is 76.0 Å². The molecule has 2 fully saturated rings. The summed E-state index contributed by atoms with van der Waals surface area (Å²) in [5.41, 5.74) is 5.09. The summed E-state index contributed by atoms with van der Waals surface area (Å²) in [6, 6.07) is 0. The smallest absolute Gasteiger partial charge is 0.237 e. The Labute approximate surface area is 127 Å². The van der Waals surface area contributed by atoms with Crippen LogP contribution in [-0.2, 0) is 14.3 Å². The van der Waals surface area contributed by atoms with Crippen molar-refractivity contribution in [3.8, 4) is 0 Å². The zero-order valence-corrected chi connectivity index (χ0v) is 13.2. The highest BCUT2D eigenvalue weighted by Crippen LogP contribution is 2.30. The number of carbonyl (C=O) groups is 1. The van der Waals surface area contributed by atoms with Gasteiger partial charge in [-0.3, -0.25) is 4.79 Å². The minimum Gasteiger partial charge on any atom is -0.376 e. The lowest BCUT2D eigenvalue weighted by atomic mass is 9.79. The monoisotopic (exact) mass is 298 g/mol. The van der Waals surface area contributed by atoms with Crippen molar-refractivity contribution in [3.63, 3.8) is 0 Å². The van der Waals surface area contributed by atoms with Gasteiger partial charge in [-0.25, -0.2) is 0 Å². The van der Waals surface area contributed by atoms with Crippen molar-refractivity contribution in [2.75, 3.05) is 19.8 Å². The number of ether oxygens (including phenoxy) is 2. The van der Waals surface area contributed by atoms with E-state index in [1.165, 1.54) is 6.42 Å². The average molecular weight is 298 g/mol. The molecule has 3 atom stereocenters. The number of nitrogens with one attached hydrogen (secondary N) is 1. The van der Waals surface area contributed by atoms with Crippen LogP contribution in [0.1, 0.15) is 58.3 Å². The molecule has 5 heteroatoms. The van der Waals surface area contributed by atoms with Crippen LogP contribution >= 0.6 is 0 Å². The highest BCUT2D eigenvalue weighted by molar-refractivity contribution is 5.84. The van der Waals surface area contributed by atoms with Crippen LogP contribution in [0.2, 0.25) is 0 Å². The maximum atomic E-state index is 11.9. The van der Waals surface area contributed by atoms with Crippen LogP contribution in [0.4, 0.5) is 0 Å². The summed E-state index contributed by atoms with van der Waals surface area (Å²) in [6.45, 7) is 4.41. The van der Waals surface area contributed by atoms with Gasteiger partial charge in [0.2, 0.25) is 5.91 Å². The van der Waals surface area contributed by atoms with E-state index in [9.17, 15) is 4.79 Å². The van der Waals surface area contributed by atoms with Crippen molar-refractivity contribution in [2.24, 2.45) is 5.73 Å². The molecular formula is C16H30N2O3. The summed E-state index contributed by atoms with van der Waals surface area (Å²) in [7, 11) is 0. The normalized spacial score (nSPS) is 33.8. The predicted molar refractivity (Wildman–Crippen MR) is 82.0 cm³/mol. The summed E-state index contributed by atoms with van der Waals surface area (Å²) in [5.74, 6) is -0.238. The Bertz CT molecular complexity index is 331. The lowest BCUT2D eigenvalue weighted by molar-refractivity contribution is -0.130. The van der Waals surface area contributed by atoms with Gasteiger partial charge in [-0.2, -0.15) is 0 Å². The van der Waals surface area contributed by atoms with E-state index in [4.69, 9.17) is 15.2 Å². The first-order valence-corrected chi connectivity index (χ1v) is 8.44. The average Bonchev–Trinajstić information content (AvgIpc) is 2.52. The minimum atomic E-state index is -0.577. The van der Waals surface area contributed by atoms with Gasteiger partial charge in [-0.15, -0.1) is 0 Å². The Morgan fingerprint density at radius 2 is 2.24 bits per heavy atom. The Kier molecular flexibility index (Phi) is 6.45. The molecule has 1 saturated heterocycles. The molecule has 1 amide bonds. The van der Waals surface area contributed by atoms with Crippen molar-refractivity contribution in [3.05, 3.63) is 0 Å². The van der Waals surface area contributed by atoms with E-state index in [1.807, 2.05) is 0 Å². The van der Waals surface area contributed by atoms with Crippen LogP contribution in [0.5, 0.6) is 0 Å². The Balaban J connectivity index is 1.84. The Hall–Kier alpha value is -0.650. The summed E-state index contributed by atoms with van der Waals surface area (Å²) < 4.78 is 11.7. The molecule has 1 saturated carbocycles. The maximum Gasteiger partial charge on any atom is 0.237 e. The van der Waals surface area contributed by atoms with Crippen LogP contribution in [-0.4, -0.2) is 43.4 Å².